The second kappa shape index (κ2) is 5.80. The quantitative estimate of drug-likeness (QED) is 0.734. The summed E-state index contributed by atoms with van der Waals surface area (Å²) in [6.07, 6.45) is 5.83. The highest BCUT2D eigenvalue weighted by atomic mass is 35.5. The third-order valence-electron chi connectivity index (χ3n) is 3.97. The molecule has 0 radical (unpaired) electrons. The Bertz CT molecular complexity index is 458. The summed E-state index contributed by atoms with van der Waals surface area (Å²) in [6.45, 7) is 1.36. The lowest BCUT2D eigenvalue weighted by Gasteiger charge is -2.27. The van der Waals surface area contributed by atoms with E-state index in [9.17, 15) is 0 Å². The van der Waals surface area contributed by atoms with E-state index in [4.69, 9.17) is 32.7 Å². The van der Waals surface area contributed by atoms with Crippen LogP contribution in [-0.4, -0.2) is 13.2 Å². The number of hydrogen-bond donors (Lipinski definition) is 0. The minimum absolute atomic E-state index is 0.0325. The Balaban J connectivity index is 1.81. The second-order valence-corrected chi connectivity index (χ2v) is 6.31. The van der Waals surface area contributed by atoms with Crippen LogP contribution in [0.4, 0.5) is 0 Å². The van der Waals surface area contributed by atoms with Crippen LogP contribution in [-0.2, 0) is 0 Å². The molecule has 4 heteroatoms. The van der Waals surface area contributed by atoms with Gasteiger partial charge in [0, 0.05) is 17.5 Å². The molecule has 1 aliphatic heterocycles. The summed E-state index contributed by atoms with van der Waals surface area (Å²) in [4.78, 5) is 0. The summed E-state index contributed by atoms with van der Waals surface area (Å²) in [5, 5.41) is 0.651. The first-order valence-electron chi connectivity index (χ1n) is 6.97. The molecule has 0 bridgehead atoms. The van der Waals surface area contributed by atoms with Crippen molar-refractivity contribution in [2.75, 3.05) is 13.2 Å². The molecule has 2 nitrogen and oxygen atoms in total. The number of hydrogen-bond acceptors (Lipinski definition) is 2. The van der Waals surface area contributed by atoms with Crippen LogP contribution < -0.4 is 9.47 Å². The Morgan fingerprint density at radius 3 is 2.42 bits per heavy atom. The maximum atomic E-state index is 6.52. The van der Waals surface area contributed by atoms with Gasteiger partial charge in [-0.1, -0.05) is 30.9 Å². The topological polar surface area (TPSA) is 18.5 Å². The zero-order valence-corrected chi connectivity index (χ0v) is 12.3. The smallest absolute Gasteiger partial charge is 0.162 e. The van der Waals surface area contributed by atoms with E-state index in [-0.39, 0.29) is 5.38 Å². The summed E-state index contributed by atoms with van der Waals surface area (Å²) < 4.78 is 11.3. The van der Waals surface area contributed by atoms with Gasteiger partial charge in [-0.2, -0.15) is 0 Å². The molecule has 1 aromatic rings. The molecule has 1 aromatic carbocycles. The van der Waals surface area contributed by atoms with Crippen LogP contribution in [0.1, 0.15) is 43.0 Å². The third kappa shape index (κ3) is 2.95. The Hall–Kier alpha value is -0.600. The maximum Gasteiger partial charge on any atom is 0.162 e. The molecule has 1 fully saturated rings. The van der Waals surface area contributed by atoms with Crippen molar-refractivity contribution in [3.05, 3.63) is 22.7 Å². The number of alkyl halides is 1. The van der Waals surface area contributed by atoms with Crippen LogP contribution >= 0.6 is 23.2 Å². The number of halogens is 2. The van der Waals surface area contributed by atoms with Crippen LogP contribution in [0.3, 0.4) is 0 Å². The highest BCUT2D eigenvalue weighted by molar-refractivity contribution is 6.33. The van der Waals surface area contributed by atoms with Gasteiger partial charge in [-0.05, 0) is 24.0 Å². The molecule has 1 heterocycles. The fraction of sp³-hybridized carbons (Fsp3) is 0.600. The first-order chi connectivity index (χ1) is 9.24. The van der Waals surface area contributed by atoms with Gasteiger partial charge in [0.15, 0.2) is 11.5 Å². The zero-order valence-electron chi connectivity index (χ0n) is 10.8. The molecule has 0 amide bonds. The van der Waals surface area contributed by atoms with Crippen molar-refractivity contribution < 1.29 is 9.47 Å². The van der Waals surface area contributed by atoms with Gasteiger partial charge < -0.3 is 9.47 Å². The fourth-order valence-corrected chi connectivity index (χ4v) is 3.36. The predicted molar refractivity (Wildman–Crippen MR) is 77.6 cm³/mol. The van der Waals surface area contributed by atoms with E-state index < -0.39 is 0 Å². The molecular formula is C15H18Cl2O2. The minimum Gasteiger partial charge on any atom is -0.490 e. The summed E-state index contributed by atoms with van der Waals surface area (Å²) in [5.41, 5.74) is 0.972. The lowest BCUT2D eigenvalue weighted by molar-refractivity contribution is 0.292. The molecule has 1 aliphatic carbocycles. The molecule has 19 heavy (non-hydrogen) atoms. The summed E-state index contributed by atoms with van der Waals surface area (Å²) in [7, 11) is 0. The van der Waals surface area contributed by atoms with E-state index in [1.54, 1.807) is 0 Å². The molecular weight excluding hydrogens is 283 g/mol. The maximum absolute atomic E-state index is 6.52. The van der Waals surface area contributed by atoms with E-state index in [1.165, 1.54) is 19.3 Å². The number of rotatable bonds is 3. The van der Waals surface area contributed by atoms with E-state index in [1.807, 2.05) is 12.1 Å². The molecule has 1 unspecified atom stereocenters. The molecule has 104 valence electrons. The predicted octanol–water partition coefficient (Wildman–Crippen LogP) is 4.97. The van der Waals surface area contributed by atoms with Crippen LogP contribution in [0.25, 0.3) is 0 Å². The molecule has 1 saturated carbocycles. The average Bonchev–Trinajstić information content (AvgIpc) is 2.57. The lowest BCUT2D eigenvalue weighted by atomic mass is 9.81. The molecule has 0 saturated heterocycles. The van der Waals surface area contributed by atoms with Crippen LogP contribution in [0, 0.1) is 5.92 Å². The molecule has 0 N–H and O–H groups in total. The summed E-state index contributed by atoms with van der Waals surface area (Å²) in [5.74, 6) is 2.27. The molecule has 3 rings (SSSR count). The monoisotopic (exact) mass is 300 g/mol. The van der Waals surface area contributed by atoms with Crippen molar-refractivity contribution in [3.63, 3.8) is 0 Å². The number of ether oxygens (including phenoxy) is 2. The van der Waals surface area contributed by atoms with E-state index in [0.29, 0.717) is 18.2 Å². The van der Waals surface area contributed by atoms with Gasteiger partial charge in [0.05, 0.1) is 18.6 Å². The van der Waals surface area contributed by atoms with E-state index in [0.717, 1.165) is 35.8 Å². The minimum atomic E-state index is -0.0325. The summed E-state index contributed by atoms with van der Waals surface area (Å²) in [6, 6.07) is 3.80. The number of fused-ring (bicyclic) bond motifs is 1. The second-order valence-electron chi connectivity index (χ2n) is 5.37. The highest BCUT2D eigenvalue weighted by Gasteiger charge is 2.24. The van der Waals surface area contributed by atoms with Crippen LogP contribution in [0.2, 0.25) is 5.02 Å². The fourth-order valence-electron chi connectivity index (χ4n) is 2.59. The Morgan fingerprint density at radius 1 is 1.11 bits per heavy atom. The van der Waals surface area contributed by atoms with Crippen LogP contribution in [0.15, 0.2) is 12.1 Å². The van der Waals surface area contributed by atoms with Crippen molar-refractivity contribution in [2.45, 2.75) is 37.5 Å². The van der Waals surface area contributed by atoms with Crippen molar-refractivity contribution in [2.24, 2.45) is 5.92 Å². The molecule has 0 aromatic heterocycles. The van der Waals surface area contributed by atoms with Gasteiger partial charge >= 0.3 is 0 Å². The van der Waals surface area contributed by atoms with Crippen molar-refractivity contribution in [1.29, 1.82) is 0 Å². The third-order valence-corrected chi connectivity index (χ3v) is 4.71. The zero-order chi connectivity index (χ0) is 13.2. The Kier molecular flexibility index (Phi) is 4.09. The number of benzene rings is 1. The Morgan fingerprint density at radius 2 is 1.79 bits per heavy atom. The van der Waals surface area contributed by atoms with Gasteiger partial charge in [0.2, 0.25) is 0 Å². The van der Waals surface area contributed by atoms with E-state index in [2.05, 4.69) is 0 Å². The first-order valence-corrected chi connectivity index (χ1v) is 7.78. The largest absolute Gasteiger partial charge is 0.490 e. The van der Waals surface area contributed by atoms with Gasteiger partial charge in [-0.3, -0.25) is 0 Å². The average molecular weight is 301 g/mol. The van der Waals surface area contributed by atoms with Gasteiger partial charge in [0.1, 0.15) is 0 Å². The van der Waals surface area contributed by atoms with Gasteiger partial charge in [-0.25, -0.2) is 0 Å². The van der Waals surface area contributed by atoms with Gasteiger partial charge in [0.25, 0.3) is 0 Å². The van der Waals surface area contributed by atoms with Crippen molar-refractivity contribution in [3.8, 4) is 11.5 Å². The first kappa shape index (κ1) is 13.4. The molecule has 0 spiro atoms. The summed E-state index contributed by atoms with van der Waals surface area (Å²) >= 11 is 12.9. The normalized spacial score (nSPS) is 20.5. The van der Waals surface area contributed by atoms with E-state index >= 15 is 0 Å². The highest BCUT2D eigenvalue weighted by Crippen LogP contribution is 2.43. The van der Waals surface area contributed by atoms with Gasteiger partial charge in [-0.15, -0.1) is 11.6 Å². The molecule has 1 atom stereocenters. The standard InChI is InChI=1S/C15H18Cl2O2/c16-12(7-10-3-1-4-10)11-8-14-15(9-13(11)17)19-6-2-5-18-14/h8-10,12H,1-7H2. The molecule has 2 aliphatic rings. The SMILES string of the molecule is Clc1cc2c(cc1C(Cl)CC1CCC1)OCCCO2. The Labute approximate surface area is 124 Å². The van der Waals surface area contributed by atoms with Crippen LogP contribution in [0.5, 0.6) is 11.5 Å². The van der Waals surface area contributed by atoms with Crippen molar-refractivity contribution in [1.82, 2.24) is 0 Å². The lowest BCUT2D eigenvalue weighted by Crippen LogP contribution is -2.13. The van der Waals surface area contributed by atoms with Crippen molar-refractivity contribution >= 4 is 23.2 Å².